The fraction of sp³-hybridized carbons (Fsp3) is 0.273. The van der Waals surface area contributed by atoms with Crippen LogP contribution in [0.3, 0.4) is 0 Å². The van der Waals surface area contributed by atoms with Gasteiger partial charge in [-0.1, -0.05) is 0 Å². The van der Waals surface area contributed by atoms with Crippen LogP contribution in [0.1, 0.15) is 18.7 Å². The molecular weight excluding hydrogens is 188 g/mol. The van der Waals surface area contributed by atoms with Gasteiger partial charge in [0.1, 0.15) is 0 Å². The Morgan fingerprint density at radius 1 is 1.27 bits per heavy atom. The average molecular weight is 196 g/mol. The van der Waals surface area contributed by atoms with Gasteiger partial charge in [0, 0.05) is 18.8 Å². The molecule has 1 heterocycles. The number of hydrogen-bond acceptors (Lipinski definition) is 4. The van der Waals surface area contributed by atoms with E-state index < -0.39 is 5.41 Å². The van der Waals surface area contributed by atoms with Crippen molar-refractivity contribution in [2.75, 3.05) is 0 Å². The highest BCUT2D eigenvalue weighted by molar-refractivity contribution is 5.31. The summed E-state index contributed by atoms with van der Waals surface area (Å²) in [6.07, 6.45) is 8.71. The number of hydrogen-bond donors (Lipinski definition) is 0. The van der Waals surface area contributed by atoms with E-state index in [1.54, 1.807) is 6.07 Å². The first-order valence-electron chi connectivity index (χ1n) is 4.32. The van der Waals surface area contributed by atoms with Gasteiger partial charge in [-0.25, -0.2) is 9.97 Å². The molecule has 4 nitrogen and oxygen atoms in total. The summed E-state index contributed by atoms with van der Waals surface area (Å²) in [5.74, 6) is 2.62. The molecule has 0 aliphatic heterocycles. The Hall–Kier alpha value is -2.38. The predicted octanol–water partition coefficient (Wildman–Crippen LogP) is 1.17. The summed E-state index contributed by atoms with van der Waals surface area (Å²) in [7, 11) is 0. The van der Waals surface area contributed by atoms with E-state index in [-0.39, 0.29) is 12.2 Å². The smallest absolute Gasteiger partial charge is 0.203 e. The third-order valence-corrected chi connectivity index (χ3v) is 1.97. The summed E-state index contributed by atoms with van der Waals surface area (Å²) >= 11 is 0. The summed E-state index contributed by atoms with van der Waals surface area (Å²) in [4.78, 5) is 7.84. The third kappa shape index (κ3) is 2.10. The van der Waals surface area contributed by atoms with E-state index in [4.69, 9.17) is 16.9 Å². The van der Waals surface area contributed by atoms with Gasteiger partial charge in [-0.15, -0.1) is 12.3 Å². The van der Waals surface area contributed by atoms with Crippen molar-refractivity contribution in [1.29, 1.82) is 10.5 Å². The molecule has 0 N–H and O–H groups in total. The molecule has 4 heteroatoms. The topological polar surface area (TPSA) is 73.4 Å². The van der Waals surface area contributed by atoms with Crippen molar-refractivity contribution in [3.8, 4) is 24.5 Å². The zero-order valence-corrected chi connectivity index (χ0v) is 8.01. The van der Waals surface area contributed by atoms with Gasteiger partial charge in [0.15, 0.2) is 5.82 Å². The van der Waals surface area contributed by atoms with Crippen LogP contribution in [0.2, 0.25) is 0 Å². The average Bonchev–Trinajstić information content (AvgIpc) is 2.33. The largest absolute Gasteiger partial charge is 0.239 e. The van der Waals surface area contributed by atoms with Crippen molar-refractivity contribution in [3.63, 3.8) is 0 Å². The van der Waals surface area contributed by atoms with Crippen LogP contribution in [0.4, 0.5) is 0 Å². The third-order valence-electron chi connectivity index (χ3n) is 1.97. The first-order valence-corrected chi connectivity index (χ1v) is 4.32. The number of nitrogens with zero attached hydrogens (tertiary/aromatic N) is 4. The highest BCUT2D eigenvalue weighted by Gasteiger charge is 2.34. The Kier molecular flexibility index (Phi) is 3.38. The van der Waals surface area contributed by atoms with Gasteiger partial charge in [0.2, 0.25) is 5.41 Å². The first kappa shape index (κ1) is 10.7. The summed E-state index contributed by atoms with van der Waals surface area (Å²) in [6.45, 7) is 0. The minimum atomic E-state index is -1.33. The second kappa shape index (κ2) is 4.74. The Balaban J connectivity index is 3.10. The molecular formula is C11H8N4. The van der Waals surface area contributed by atoms with Gasteiger partial charge in [-0.2, -0.15) is 10.5 Å². The van der Waals surface area contributed by atoms with Crippen molar-refractivity contribution in [2.45, 2.75) is 18.3 Å². The second-order valence-electron chi connectivity index (χ2n) is 2.91. The molecule has 1 rings (SSSR count). The molecule has 0 unspecified atom stereocenters. The summed E-state index contributed by atoms with van der Waals surface area (Å²) in [5.41, 5.74) is -1.33. The van der Waals surface area contributed by atoms with Gasteiger partial charge in [-0.05, 0) is 12.5 Å². The summed E-state index contributed by atoms with van der Waals surface area (Å²) in [6, 6.07) is 5.50. The first-order chi connectivity index (χ1) is 7.29. The lowest BCUT2D eigenvalue weighted by Gasteiger charge is -2.14. The molecule has 15 heavy (non-hydrogen) atoms. The van der Waals surface area contributed by atoms with Crippen molar-refractivity contribution < 1.29 is 0 Å². The molecule has 0 saturated heterocycles. The van der Waals surface area contributed by atoms with Crippen LogP contribution >= 0.6 is 0 Å². The van der Waals surface area contributed by atoms with Crippen LogP contribution in [0.5, 0.6) is 0 Å². The zero-order chi connectivity index (χ0) is 11.1. The Morgan fingerprint density at radius 3 is 2.33 bits per heavy atom. The highest BCUT2D eigenvalue weighted by Crippen LogP contribution is 2.24. The van der Waals surface area contributed by atoms with Crippen LogP contribution < -0.4 is 0 Å². The van der Waals surface area contributed by atoms with Crippen molar-refractivity contribution in [2.24, 2.45) is 0 Å². The van der Waals surface area contributed by atoms with Crippen LogP contribution in [0.15, 0.2) is 18.5 Å². The maximum absolute atomic E-state index is 9.04. The molecule has 0 saturated carbocycles. The van der Waals surface area contributed by atoms with E-state index in [0.29, 0.717) is 6.42 Å². The van der Waals surface area contributed by atoms with E-state index in [1.165, 1.54) is 12.4 Å². The van der Waals surface area contributed by atoms with Gasteiger partial charge in [-0.3, -0.25) is 0 Å². The predicted molar refractivity (Wildman–Crippen MR) is 53.0 cm³/mol. The second-order valence-corrected chi connectivity index (χ2v) is 2.91. The Labute approximate surface area is 88.2 Å². The van der Waals surface area contributed by atoms with Crippen LogP contribution in [0, 0.1) is 35.0 Å². The molecule has 0 spiro atoms. The molecule has 1 aromatic rings. The van der Waals surface area contributed by atoms with Crippen LogP contribution in [-0.2, 0) is 5.41 Å². The molecule has 0 bridgehead atoms. The molecule has 72 valence electrons. The highest BCUT2D eigenvalue weighted by atomic mass is 14.9. The lowest BCUT2D eigenvalue weighted by atomic mass is 9.85. The molecule has 0 aliphatic rings. The number of nitriles is 2. The molecule has 0 fully saturated rings. The van der Waals surface area contributed by atoms with Crippen LogP contribution in [-0.4, -0.2) is 9.97 Å². The zero-order valence-electron chi connectivity index (χ0n) is 8.01. The molecule has 0 radical (unpaired) electrons. The molecule has 0 aromatic carbocycles. The number of aromatic nitrogens is 2. The van der Waals surface area contributed by atoms with Crippen molar-refractivity contribution >= 4 is 0 Å². The van der Waals surface area contributed by atoms with Gasteiger partial charge in [0.25, 0.3) is 0 Å². The van der Waals surface area contributed by atoms with Crippen LogP contribution in [0.25, 0.3) is 0 Å². The van der Waals surface area contributed by atoms with Gasteiger partial charge >= 0.3 is 0 Å². The molecule has 1 aromatic heterocycles. The fourth-order valence-corrected chi connectivity index (χ4v) is 1.13. The minimum absolute atomic E-state index is 0.213. The van der Waals surface area contributed by atoms with Crippen molar-refractivity contribution in [1.82, 2.24) is 9.97 Å². The van der Waals surface area contributed by atoms with E-state index in [1.807, 2.05) is 12.1 Å². The maximum atomic E-state index is 9.04. The normalized spacial score (nSPS) is 9.67. The van der Waals surface area contributed by atoms with E-state index in [2.05, 4.69) is 15.9 Å². The molecule has 0 amide bonds. The van der Waals surface area contributed by atoms with Crippen molar-refractivity contribution in [3.05, 3.63) is 24.3 Å². The minimum Gasteiger partial charge on any atom is -0.239 e. The Morgan fingerprint density at radius 2 is 1.87 bits per heavy atom. The number of rotatable bonds is 3. The summed E-state index contributed by atoms with van der Waals surface area (Å²) < 4.78 is 0. The monoisotopic (exact) mass is 196 g/mol. The number of terminal acetylenes is 1. The SMILES string of the molecule is C#CCCC(C#N)(C#N)c1ncccn1. The maximum Gasteiger partial charge on any atom is 0.203 e. The van der Waals surface area contributed by atoms with E-state index in [0.717, 1.165) is 0 Å². The fourth-order valence-electron chi connectivity index (χ4n) is 1.13. The quantitative estimate of drug-likeness (QED) is 0.680. The lowest BCUT2D eigenvalue weighted by Crippen LogP contribution is -2.24. The Bertz CT molecular complexity index is 430. The van der Waals surface area contributed by atoms with E-state index >= 15 is 0 Å². The lowest BCUT2D eigenvalue weighted by molar-refractivity contribution is 0.599. The summed E-state index contributed by atoms with van der Waals surface area (Å²) in [5, 5.41) is 18.1. The molecule has 0 aliphatic carbocycles. The van der Waals surface area contributed by atoms with Gasteiger partial charge < -0.3 is 0 Å². The standard InChI is InChI=1S/C11H8N4/c1-2-3-5-11(8-12,9-13)10-14-6-4-7-15-10/h1,4,6-7H,3,5H2. The van der Waals surface area contributed by atoms with Gasteiger partial charge in [0.05, 0.1) is 12.1 Å². The van der Waals surface area contributed by atoms with E-state index in [9.17, 15) is 0 Å². The molecule has 0 atom stereocenters.